The second-order valence-electron chi connectivity index (χ2n) is 3.29. The highest BCUT2D eigenvalue weighted by Crippen LogP contribution is 2.17. The van der Waals surface area contributed by atoms with Crippen LogP contribution in [0.4, 0.5) is 5.82 Å². The number of hydrogen-bond acceptors (Lipinski definition) is 5. The summed E-state index contributed by atoms with van der Waals surface area (Å²) in [5.41, 5.74) is 7.70. The van der Waals surface area contributed by atoms with Crippen molar-refractivity contribution in [3.63, 3.8) is 0 Å². The summed E-state index contributed by atoms with van der Waals surface area (Å²) >= 11 is 0. The van der Waals surface area contributed by atoms with E-state index in [1.54, 1.807) is 12.3 Å². The van der Waals surface area contributed by atoms with Crippen molar-refractivity contribution in [1.82, 2.24) is 24.9 Å². The summed E-state index contributed by atoms with van der Waals surface area (Å²) in [6.45, 7) is 0. The summed E-state index contributed by atoms with van der Waals surface area (Å²) in [5, 5.41) is 0. The van der Waals surface area contributed by atoms with Crippen LogP contribution in [-0.4, -0.2) is 24.9 Å². The summed E-state index contributed by atoms with van der Waals surface area (Å²) in [5.74, 6) is 1.10. The molecule has 16 heavy (non-hydrogen) atoms. The lowest BCUT2D eigenvalue weighted by atomic mass is 10.3. The number of nitrogens with one attached hydrogen (secondary N) is 1. The fourth-order valence-corrected chi connectivity index (χ4v) is 1.47. The molecular weight excluding hydrogens is 204 g/mol. The summed E-state index contributed by atoms with van der Waals surface area (Å²) in [6.07, 6.45) is 3.13. The van der Waals surface area contributed by atoms with Gasteiger partial charge in [0.25, 0.3) is 0 Å². The molecule has 0 aliphatic heterocycles. The number of nitrogens with zero attached hydrogens (tertiary/aromatic N) is 4. The van der Waals surface area contributed by atoms with Gasteiger partial charge in [0, 0.05) is 0 Å². The number of aromatic amines is 1. The van der Waals surface area contributed by atoms with E-state index in [4.69, 9.17) is 5.73 Å². The van der Waals surface area contributed by atoms with Crippen molar-refractivity contribution in [3.8, 4) is 11.5 Å². The number of aromatic nitrogens is 5. The molecule has 3 aromatic rings. The van der Waals surface area contributed by atoms with Crippen molar-refractivity contribution in [1.29, 1.82) is 0 Å². The van der Waals surface area contributed by atoms with Crippen LogP contribution in [0.25, 0.3) is 22.7 Å². The third-order valence-electron chi connectivity index (χ3n) is 2.18. The minimum atomic E-state index is 0.462. The van der Waals surface area contributed by atoms with Gasteiger partial charge in [-0.3, -0.25) is 0 Å². The fourth-order valence-electron chi connectivity index (χ4n) is 1.47. The summed E-state index contributed by atoms with van der Waals surface area (Å²) in [4.78, 5) is 19.5. The summed E-state index contributed by atoms with van der Waals surface area (Å²) in [6, 6.07) is 5.39. The van der Waals surface area contributed by atoms with Crippen LogP contribution in [0.1, 0.15) is 0 Å². The van der Waals surface area contributed by atoms with E-state index in [0.29, 0.717) is 23.0 Å². The van der Waals surface area contributed by atoms with E-state index >= 15 is 0 Å². The SMILES string of the molecule is Nc1cccc(-c2nc3ncncc3[nH]2)n1. The largest absolute Gasteiger partial charge is 0.384 e. The van der Waals surface area contributed by atoms with E-state index in [1.165, 1.54) is 6.33 Å². The number of nitrogens with two attached hydrogens (primary N) is 1. The van der Waals surface area contributed by atoms with Crippen LogP contribution in [0.2, 0.25) is 0 Å². The van der Waals surface area contributed by atoms with Crippen LogP contribution in [0, 0.1) is 0 Å². The van der Waals surface area contributed by atoms with E-state index in [2.05, 4.69) is 24.9 Å². The Morgan fingerprint density at radius 3 is 2.94 bits per heavy atom. The number of pyridine rings is 1. The zero-order chi connectivity index (χ0) is 11.0. The molecule has 0 spiro atoms. The number of rotatable bonds is 1. The molecule has 0 aromatic carbocycles. The monoisotopic (exact) mass is 212 g/mol. The van der Waals surface area contributed by atoms with Gasteiger partial charge in [0.15, 0.2) is 11.5 Å². The lowest BCUT2D eigenvalue weighted by Gasteiger charge is -1.96. The van der Waals surface area contributed by atoms with Crippen LogP contribution < -0.4 is 5.73 Å². The van der Waals surface area contributed by atoms with E-state index in [9.17, 15) is 0 Å². The average Bonchev–Trinajstić information content (AvgIpc) is 2.72. The highest BCUT2D eigenvalue weighted by Gasteiger charge is 2.06. The number of fused-ring (bicyclic) bond motifs is 1. The topological polar surface area (TPSA) is 93.4 Å². The molecule has 0 saturated heterocycles. The van der Waals surface area contributed by atoms with Gasteiger partial charge in [-0.05, 0) is 12.1 Å². The Balaban J connectivity index is 2.19. The average molecular weight is 212 g/mol. The minimum absolute atomic E-state index is 0.462. The number of hydrogen-bond donors (Lipinski definition) is 2. The molecule has 0 atom stereocenters. The lowest BCUT2D eigenvalue weighted by Crippen LogP contribution is -1.92. The predicted molar refractivity (Wildman–Crippen MR) is 59.3 cm³/mol. The first-order chi connectivity index (χ1) is 7.83. The molecule has 0 amide bonds. The Morgan fingerprint density at radius 1 is 1.19 bits per heavy atom. The number of anilines is 1. The first-order valence-corrected chi connectivity index (χ1v) is 4.71. The number of nitrogen functional groups attached to an aromatic ring is 1. The Morgan fingerprint density at radius 2 is 2.12 bits per heavy atom. The van der Waals surface area contributed by atoms with Crippen LogP contribution in [0.15, 0.2) is 30.7 Å². The van der Waals surface area contributed by atoms with Crippen molar-refractivity contribution in [3.05, 3.63) is 30.7 Å². The minimum Gasteiger partial charge on any atom is -0.384 e. The zero-order valence-corrected chi connectivity index (χ0v) is 8.25. The second-order valence-corrected chi connectivity index (χ2v) is 3.29. The van der Waals surface area contributed by atoms with Gasteiger partial charge >= 0.3 is 0 Å². The van der Waals surface area contributed by atoms with Gasteiger partial charge in [0.1, 0.15) is 23.4 Å². The maximum atomic E-state index is 5.61. The van der Waals surface area contributed by atoms with Crippen molar-refractivity contribution < 1.29 is 0 Å². The molecule has 3 N–H and O–H groups in total. The van der Waals surface area contributed by atoms with Crippen LogP contribution in [0.3, 0.4) is 0 Å². The molecule has 0 unspecified atom stereocenters. The number of imidazole rings is 1. The van der Waals surface area contributed by atoms with Gasteiger partial charge < -0.3 is 10.7 Å². The molecule has 6 heteroatoms. The highest BCUT2D eigenvalue weighted by atomic mass is 15.0. The predicted octanol–water partition coefficient (Wildman–Crippen LogP) is 0.997. The Bertz CT molecular complexity index is 611. The van der Waals surface area contributed by atoms with E-state index < -0.39 is 0 Å². The van der Waals surface area contributed by atoms with Crippen molar-refractivity contribution in [2.24, 2.45) is 0 Å². The fraction of sp³-hybridized carbons (Fsp3) is 0. The first kappa shape index (κ1) is 8.78. The molecular formula is C10H8N6. The molecule has 6 nitrogen and oxygen atoms in total. The molecule has 3 heterocycles. The quantitative estimate of drug-likeness (QED) is 0.627. The maximum absolute atomic E-state index is 5.61. The highest BCUT2D eigenvalue weighted by molar-refractivity contribution is 5.73. The van der Waals surface area contributed by atoms with Gasteiger partial charge in [-0.15, -0.1) is 0 Å². The van der Waals surface area contributed by atoms with Crippen molar-refractivity contribution in [2.75, 3.05) is 5.73 Å². The molecule has 3 aromatic heterocycles. The Hall–Kier alpha value is -2.50. The molecule has 0 bridgehead atoms. The summed E-state index contributed by atoms with van der Waals surface area (Å²) in [7, 11) is 0. The van der Waals surface area contributed by atoms with Gasteiger partial charge in [0.2, 0.25) is 0 Å². The summed E-state index contributed by atoms with van der Waals surface area (Å²) < 4.78 is 0. The molecule has 3 rings (SSSR count). The second kappa shape index (κ2) is 3.27. The van der Waals surface area contributed by atoms with E-state index in [-0.39, 0.29) is 0 Å². The molecule has 0 saturated carbocycles. The smallest absolute Gasteiger partial charge is 0.181 e. The van der Waals surface area contributed by atoms with Gasteiger partial charge in [-0.1, -0.05) is 6.07 Å². The lowest BCUT2D eigenvalue weighted by molar-refractivity contribution is 1.20. The van der Waals surface area contributed by atoms with Crippen LogP contribution in [0.5, 0.6) is 0 Å². The van der Waals surface area contributed by atoms with Crippen LogP contribution in [-0.2, 0) is 0 Å². The molecule has 0 aliphatic carbocycles. The zero-order valence-electron chi connectivity index (χ0n) is 8.25. The standard InChI is InChI=1S/C10H8N6/c11-8-3-1-2-6(14-8)10-15-7-4-12-5-13-9(7)16-10/h1-5H,(H2,11,14)(H,12,13,15,16). The van der Waals surface area contributed by atoms with Crippen molar-refractivity contribution >= 4 is 17.0 Å². The normalized spacial score (nSPS) is 10.8. The third kappa shape index (κ3) is 1.36. The molecule has 0 radical (unpaired) electrons. The molecule has 0 aliphatic rings. The number of H-pyrrole nitrogens is 1. The third-order valence-corrected chi connectivity index (χ3v) is 2.18. The Labute approximate surface area is 90.6 Å². The Kier molecular flexibility index (Phi) is 1.79. The van der Waals surface area contributed by atoms with Gasteiger partial charge in [-0.2, -0.15) is 0 Å². The van der Waals surface area contributed by atoms with Gasteiger partial charge in [0.05, 0.1) is 6.20 Å². The molecule has 0 fully saturated rings. The van der Waals surface area contributed by atoms with E-state index in [1.807, 2.05) is 12.1 Å². The van der Waals surface area contributed by atoms with Crippen molar-refractivity contribution in [2.45, 2.75) is 0 Å². The van der Waals surface area contributed by atoms with E-state index in [0.717, 1.165) is 5.52 Å². The van der Waals surface area contributed by atoms with Crippen LogP contribution >= 0.6 is 0 Å². The maximum Gasteiger partial charge on any atom is 0.181 e. The first-order valence-electron chi connectivity index (χ1n) is 4.71. The van der Waals surface area contributed by atoms with Gasteiger partial charge in [-0.25, -0.2) is 19.9 Å². The molecule has 78 valence electrons.